The van der Waals surface area contributed by atoms with Gasteiger partial charge in [-0.2, -0.15) is 0 Å². The molecular formula is C28H36N4O5S. The van der Waals surface area contributed by atoms with Gasteiger partial charge in [0.15, 0.2) is 5.82 Å². The minimum absolute atomic E-state index is 0.0952. The zero-order valence-corrected chi connectivity index (χ0v) is 23.3. The highest BCUT2D eigenvalue weighted by molar-refractivity contribution is 7.92. The highest BCUT2D eigenvalue weighted by Crippen LogP contribution is 2.30. The minimum Gasteiger partial charge on any atom is -0.368 e. The van der Waals surface area contributed by atoms with Crippen molar-refractivity contribution in [1.82, 2.24) is 10.1 Å². The van der Waals surface area contributed by atoms with E-state index in [2.05, 4.69) is 9.88 Å². The van der Waals surface area contributed by atoms with E-state index in [0.29, 0.717) is 28.9 Å². The molecule has 0 bridgehead atoms. The van der Waals surface area contributed by atoms with Crippen LogP contribution in [0.25, 0.3) is 11.1 Å². The van der Waals surface area contributed by atoms with Crippen molar-refractivity contribution < 1.29 is 22.5 Å². The van der Waals surface area contributed by atoms with Crippen molar-refractivity contribution in [1.29, 1.82) is 0 Å². The Labute approximate surface area is 224 Å². The third-order valence-electron chi connectivity index (χ3n) is 6.51. The fourth-order valence-corrected chi connectivity index (χ4v) is 5.56. The van der Waals surface area contributed by atoms with Gasteiger partial charge < -0.3 is 15.2 Å². The molecule has 0 aliphatic heterocycles. The first-order valence-corrected chi connectivity index (χ1v) is 14.2. The predicted octanol–water partition coefficient (Wildman–Crippen LogP) is 4.79. The maximum Gasteiger partial charge on any atom is 0.263 e. The van der Waals surface area contributed by atoms with Crippen LogP contribution in [0.1, 0.15) is 56.9 Å². The van der Waals surface area contributed by atoms with Gasteiger partial charge in [-0.25, -0.2) is 8.42 Å². The van der Waals surface area contributed by atoms with Crippen LogP contribution in [0.15, 0.2) is 57.9 Å². The lowest BCUT2D eigenvalue weighted by molar-refractivity contribution is -0.141. The molecule has 3 rings (SSSR count). The van der Waals surface area contributed by atoms with Crippen molar-refractivity contribution in [3.63, 3.8) is 0 Å². The van der Waals surface area contributed by atoms with Crippen molar-refractivity contribution in [2.24, 2.45) is 11.7 Å². The number of sulfonamides is 1. The standard InChI is InChI=1S/C28H36N4O5S/c1-6-7-12-25(33)32(26(18(2)3)27(29)34)17-21-13-15-22(16-14-21)23-10-8-9-11-24(23)38(35,36)31-28-19(4)20(5)37-30-28/h8-11,13-16,18,26H,6-7,12,17H2,1-5H3,(H2,29,34)(H,30,31)/t26-/m0/s1. The number of unbranched alkanes of at least 4 members (excludes halogenated alkanes) is 1. The van der Waals surface area contributed by atoms with E-state index in [-0.39, 0.29) is 29.1 Å². The summed E-state index contributed by atoms with van der Waals surface area (Å²) in [6.45, 7) is 9.40. The fraction of sp³-hybridized carbons (Fsp3) is 0.393. The monoisotopic (exact) mass is 540 g/mol. The van der Waals surface area contributed by atoms with Gasteiger partial charge in [-0.1, -0.05) is 74.8 Å². The summed E-state index contributed by atoms with van der Waals surface area (Å²) in [5, 5.41) is 3.81. The number of hydrogen-bond donors (Lipinski definition) is 2. The maximum atomic E-state index is 13.3. The number of nitrogens with zero attached hydrogens (tertiary/aromatic N) is 2. The first-order valence-electron chi connectivity index (χ1n) is 12.7. The molecule has 0 fully saturated rings. The predicted molar refractivity (Wildman–Crippen MR) is 147 cm³/mol. The maximum absolute atomic E-state index is 13.3. The Morgan fingerprint density at radius 1 is 1.08 bits per heavy atom. The molecule has 0 saturated carbocycles. The summed E-state index contributed by atoms with van der Waals surface area (Å²) >= 11 is 0. The number of benzene rings is 2. The van der Waals surface area contributed by atoms with Gasteiger partial charge in [0.1, 0.15) is 11.8 Å². The number of aromatic nitrogens is 1. The van der Waals surface area contributed by atoms with Crippen LogP contribution < -0.4 is 10.5 Å². The SMILES string of the molecule is CCCCC(=O)N(Cc1ccc(-c2ccccc2S(=O)(=O)Nc2noc(C)c2C)cc1)[C@H](C(N)=O)C(C)C. The molecule has 204 valence electrons. The summed E-state index contributed by atoms with van der Waals surface area (Å²) in [5.74, 6) is -0.112. The first kappa shape index (κ1) is 28.9. The fourth-order valence-electron chi connectivity index (χ4n) is 4.28. The number of hydrogen-bond acceptors (Lipinski definition) is 6. The van der Waals surface area contributed by atoms with E-state index < -0.39 is 22.0 Å². The second-order valence-electron chi connectivity index (χ2n) is 9.73. The molecule has 1 atom stereocenters. The number of primary amides is 1. The van der Waals surface area contributed by atoms with E-state index in [1.165, 1.54) is 6.07 Å². The second kappa shape index (κ2) is 12.3. The van der Waals surface area contributed by atoms with Gasteiger partial charge in [0.2, 0.25) is 11.8 Å². The Morgan fingerprint density at radius 3 is 2.29 bits per heavy atom. The number of carbonyl (C=O) groups excluding carboxylic acids is 2. The van der Waals surface area contributed by atoms with Crippen LogP contribution in [0.4, 0.5) is 5.82 Å². The lowest BCUT2D eigenvalue weighted by atomic mass is 9.99. The van der Waals surface area contributed by atoms with Crippen LogP contribution >= 0.6 is 0 Å². The number of carbonyl (C=O) groups is 2. The van der Waals surface area contributed by atoms with Crippen molar-refractivity contribution in [3.05, 3.63) is 65.4 Å². The van der Waals surface area contributed by atoms with Crippen LogP contribution in [-0.4, -0.2) is 36.3 Å². The van der Waals surface area contributed by atoms with Gasteiger partial charge in [-0.3, -0.25) is 14.3 Å². The Kier molecular flexibility index (Phi) is 9.32. The number of aryl methyl sites for hydroxylation is 1. The zero-order valence-electron chi connectivity index (χ0n) is 22.5. The largest absolute Gasteiger partial charge is 0.368 e. The molecule has 0 spiro atoms. The van der Waals surface area contributed by atoms with E-state index in [9.17, 15) is 18.0 Å². The minimum atomic E-state index is -3.96. The van der Waals surface area contributed by atoms with E-state index in [0.717, 1.165) is 18.4 Å². The second-order valence-corrected chi connectivity index (χ2v) is 11.4. The van der Waals surface area contributed by atoms with Gasteiger partial charge >= 0.3 is 0 Å². The summed E-state index contributed by atoms with van der Waals surface area (Å²) < 4.78 is 34.1. The molecule has 0 saturated heterocycles. The molecule has 9 nitrogen and oxygen atoms in total. The molecule has 2 aromatic carbocycles. The Morgan fingerprint density at radius 2 is 1.74 bits per heavy atom. The molecule has 10 heteroatoms. The third kappa shape index (κ3) is 6.61. The Balaban J connectivity index is 1.91. The number of nitrogens with two attached hydrogens (primary N) is 1. The van der Waals surface area contributed by atoms with Crippen molar-refractivity contribution in [2.45, 2.75) is 71.4 Å². The molecule has 0 unspecified atom stereocenters. The van der Waals surface area contributed by atoms with Crippen LogP contribution in [0.5, 0.6) is 0 Å². The van der Waals surface area contributed by atoms with Gasteiger partial charge in [0.25, 0.3) is 10.0 Å². The van der Waals surface area contributed by atoms with E-state index in [1.807, 2.05) is 32.9 Å². The quantitative estimate of drug-likeness (QED) is 0.339. The van der Waals surface area contributed by atoms with Crippen molar-refractivity contribution >= 4 is 27.7 Å². The topological polar surface area (TPSA) is 136 Å². The molecule has 38 heavy (non-hydrogen) atoms. The molecule has 2 amide bonds. The van der Waals surface area contributed by atoms with Crippen LogP contribution in [0.2, 0.25) is 0 Å². The molecule has 1 aromatic heterocycles. The molecule has 1 heterocycles. The third-order valence-corrected chi connectivity index (χ3v) is 7.90. The highest BCUT2D eigenvalue weighted by atomic mass is 32.2. The van der Waals surface area contributed by atoms with E-state index >= 15 is 0 Å². The van der Waals surface area contributed by atoms with Crippen molar-refractivity contribution in [2.75, 3.05) is 4.72 Å². The summed E-state index contributed by atoms with van der Waals surface area (Å²) in [6.07, 6.45) is 1.93. The lowest BCUT2D eigenvalue weighted by Crippen LogP contribution is -2.50. The Hall–Kier alpha value is -3.66. The molecule has 0 aliphatic rings. The normalized spacial score (nSPS) is 12.4. The van der Waals surface area contributed by atoms with Crippen LogP contribution in [0, 0.1) is 19.8 Å². The van der Waals surface area contributed by atoms with Gasteiger partial charge in [-0.15, -0.1) is 0 Å². The summed E-state index contributed by atoms with van der Waals surface area (Å²) in [5.41, 5.74) is 8.29. The molecule has 3 aromatic rings. The number of anilines is 1. The number of rotatable bonds is 12. The lowest BCUT2D eigenvalue weighted by Gasteiger charge is -2.32. The van der Waals surface area contributed by atoms with Gasteiger partial charge in [0.05, 0.1) is 4.90 Å². The zero-order chi connectivity index (χ0) is 28.0. The molecule has 3 N–H and O–H groups in total. The summed E-state index contributed by atoms with van der Waals surface area (Å²) in [6, 6.07) is 13.2. The summed E-state index contributed by atoms with van der Waals surface area (Å²) in [7, 11) is -3.96. The first-order chi connectivity index (χ1) is 18.0. The number of amides is 2. The van der Waals surface area contributed by atoms with E-state index in [4.69, 9.17) is 10.3 Å². The van der Waals surface area contributed by atoms with Crippen LogP contribution in [0.3, 0.4) is 0 Å². The van der Waals surface area contributed by atoms with Gasteiger partial charge in [-0.05, 0) is 43.4 Å². The van der Waals surface area contributed by atoms with E-state index in [1.54, 1.807) is 49.1 Å². The van der Waals surface area contributed by atoms with Crippen LogP contribution in [-0.2, 0) is 26.2 Å². The molecular weight excluding hydrogens is 504 g/mol. The average molecular weight is 541 g/mol. The van der Waals surface area contributed by atoms with Crippen molar-refractivity contribution in [3.8, 4) is 11.1 Å². The Bertz CT molecular complexity index is 1380. The summed E-state index contributed by atoms with van der Waals surface area (Å²) in [4.78, 5) is 26.9. The number of nitrogens with one attached hydrogen (secondary N) is 1. The smallest absolute Gasteiger partial charge is 0.263 e. The average Bonchev–Trinajstić information content (AvgIpc) is 3.18. The molecule has 0 aliphatic carbocycles. The highest BCUT2D eigenvalue weighted by Gasteiger charge is 2.30. The molecule has 0 radical (unpaired) electrons. The van der Waals surface area contributed by atoms with Gasteiger partial charge in [0, 0.05) is 24.1 Å².